The number of carbonyl (C=O) groups is 2. The van der Waals surface area contributed by atoms with Gasteiger partial charge in [0, 0.05) is 28.7 Å². The smallest absolute Gasteiger partial charge is 0.272 e. The Bertz CT molecular complexity index is 1060. The molecule has 0 spiro atoms. The predicted molar refractivity (Wildman–Crippen MR) is 114 cm³/mol. The summed E-state index contributed by atoms with van der Waals surface area (Å²) in [5.74, 6) is -0.290. The SMILES string of the molecule is C=CCn1c(C(=O)Nc2ccc(C(N)=O)cc2)c(C)c2cc(C(C)C)ccc21. The summed E-state index contributed by atoms with van der Waals surface area (Å²) >= 11 is 0. The number of hydrogen-bond donors (Lipinski definition) is 2. The van der Waals surface area contributed by atoms with Crippen molar-refractivity contribution in [3.63, 3.8) is 0 Å². The van der Waals surface area contributed by atoms with Crippen LogP contribution in [0.5, 0.6) is 0 Å². The summed E-state index contributed by atoms with van der Waals surface area (Å²) in [6.45, 7) is 10.6. The molecule has 144 valence electrons. The minimum absolute atomic E-state index is 0.200. The van der Waals surface area contributed by atoms with E-state index in [4.69, 9.17) is 5.73 Å². The Hall–Kier alpha value is -3.34. The molecule has 2 amide bonds. The molecule has 3 N–H and O–H groups in total. The van der Waals surface area contributed by atoms with Crippen molar-refractivity contribution in [1.29, 1.82) is 0 Å². The Morgan fingerprint density at radius 2 is 1.86 bits per heavy atom. The zero-order chi connectivity index (χ0) is 20.4. The Balaban J connectivity index is 2.03. The van der Waals surface area contributed by atoms with E-state index in [0.29, 0.717) is 29.4 Å². The molecule has 0 saturated heterocycles. The number of anilines is 1. The van der Waals surface area contributed by atoms with E-state index in [1.807, 2.05) is 11.5 Å². The van der Waals surface area contributed by atoms with Gasteiger partial charge in [-0.2, -0.15) is 0 Å². The van der Waals surface area contributed by atoms with Crippen LogP contribution in [-0.4, -0.2) is 16.4 Å². The minimum atomic E-state index is -0.499. The lowest BCUT2D eigenvalue weighted by Crippen LogP contribution is -2.18. The van der Waals surface area contributed by atoms with E-state index in [9.17, 15) is 9.59 Å². The highest BCUT2D eigenvalue weighted by molar-refractivity contribution is 6.08. The van der Waals surface area contributed by atoms with Crippen LogP contribution >= 0.6 is 0 Å². The van der Waals surface area contributed by atoms with Gasteiger partial charge in [0.15, 0.2) is 0 Å². The number of allylic oxidation sites excluding steroid dienone is 1. The maximum absolute atomic E-state index is 13.1. The number of primary amides is 1. The van der Waals surface area contributed by atoms with Gasteiger partial charge in [0.05, 0.1) is 0 Å². The Labute approximate surface area is 164 Å². The summed E-state index contributed by atoms with van der Waals surface area (Å²) in [7, 11) is 0. The molecule has 0 aliphatic rings. The number of fused-ring (bicyclic) bond motifs is 1. The summed E-state index contributed by atoms with van der Waals surface area (Å²) in [6.07, 6.45) is 1.79. The van der Waals surface area contributed by atoms with Crippen LogP contribution in [0.15, 0.2) is 55.1 Å². The number of carbonyl (C=O) groups excluding carboxylic acids is 2. The zero-order valence-electron chi connectivity index (χ0n) is 16.5. The number of rotatable bonds is 6. The van der Waals surface area contributed by atoms with Gasteiger partial charge < -0.3 is 15.6 Å². The predicted octanol–water partition coefficient (Wildman–Crippen LogP) is 4.61. The summed E-state index contributed by atoms with van der Waals surface area (Å²) in [5.41, 5.74) is 10.1. The van der Waals surface area contributed by atoms with Gasteiger partial charge in [0.25, 0.3) is 5.91 Å². The molecule has 1 heterocycles. The molecule has 0 aliphatic carbocycles. The molecule has 0 fully saturated rings. The normalized spacial score (nSPS) is 11.0. The molecule has 5 heteroatoms. The van der Waals surface area contributed by atoms with Crippen molar-refractivity contribution in [3.05, 3.63) is 77.5 Å². The van der Waals surface area contributed by atoms with Crippen LogP contribution < -0.4 is 11.1 Å². The maximum Gasteiger partial charge on any atom is 0.272 e. The second-order valence-electron chi connectivity index (χ2n) is 7.20. The van der Waals surface area contributed by atoms with Crippen molar-refractivity contribution >= 4 is 28.4 Å². The third-order valence-corrected chi connectivity index (χ3v) is 4.96. The van der Waals surface area contributed by atoms with Crippen molar-refractivity contribution in [2.24, 2.45) is 5.73 Å². The lowest BCUT2D eigenvalue weighted by atomic mass is 10.0. The molecule has 3 aromatic rings. The third kappa shape index (κ3) is 3.56. The number of aromatic nitrogens is 1. The van der Waals surface area contributed by atoms with Crippen LogP contribution in [0.2, 0.25) is 0 Å². The Kier molecular flexibility index (Phi) is 5.36. The van der Waals surface area contributed by atoms with E-state index in [0.717, 1.165) is 16.5 Å². The van der Waals surface area contributed by atoms with Crippen LogP contribution in [0, 0.1) is 6.92 Å². The van der Waals surface area contributed by atoms with Gasteiger partial charge in [-0.3, -0.25) is 9.59 Å². The number of nitrogens with one attached hydrogen (secondary N) is 1. The van der Waals surface area contributed by atoms with Crippen LogP contribution in [0.25, 0.3) is 10.9 Å². The van der Waals surface area contributed by atoms with Crippen molar-refractivity contribution in [1.82, 2.24) is 4.57 Å². The van der Waals surface area contributed by atoms with E-state index in [1.54, 1.807) is 30.3 Å². The Morgan fingerprint density at radius 1 is 1.18 bits per heavy atom. The Morgan fingerprint density at radius 3 is 2.43 bits per heavy atom. The standard InChI is InChI=1S/C23H25N3O2/c1-5-12-26-20-11-8-17(14(2)3)13-19(20)15(4)21(26)23(28)25-18-9-6-16(7-10-18)22(24)27/h5-11,13-14H,1,12H2,2-4H3,(H2,24,27)(H,25,28). The molecular formula is C23H25N3O2. The van der Waals surface area contributed by atoms with E-state index in [1.165, 1.54) is 5.56 Å². The molecule has 1 aromatic heterocycles. The molecule has 0 bridgehead atoms. The van der Waals surface area contributed by atoms with Gasteiger partial charge >= 0.3 is 0 Å². The second kappa shape index (κ2) is 7.72. The monoisotopic (exact) mass is 375 g/mol. The second-order valence-corrected chi connectivity index (χ2v) is 7.20. The highest BCUT2D eigenvalue weighted by Gasteiger charge is 2.20. The van der Waals surface area contributed by atoms with Gasteiger partial charge in [0.2, 0.25) is 5.91 Å². The number of benzene rings is 2. The van der Waals surface area contributed by atoms with Gasteiger partial charge in [-0.15, -0.1) is 6.58 Å². The van der Waals surface area contributed by atoms with Crippen LogP contribution in [0.3, 0.4) is 0 Å². The van der Waals surface area contributed by atoms with Crippen molar-refractivity contribution in [2.75, 3.05) is 5.32 Å². The third-order valence-electron chi connectivity index (χ3n) is 4.96. The number of amides is 2. The molecule has 0 radical (unpaired) electrons. The highest BCUT2D eigenvalue weighted by Crippen LogP contribution is 2.29. The van der Waals surface area contributed by atoms with Crippen LogP contribution in [0.1, 0.15) is 51.7 Å². The highest BCUT2D eigenvalue weighted by atomic mass is 16.2. The fourth-order valence-electron chi connectivity index (χ4n) is 3.42. The molecule has 5 nitrogen and oxygen atoms in total. The maximum atomic E-state index is 13.1. The van der Waals surface area contributed by atoms with Crippen LogP contribution in [-0.2, 0) is 6.54 Å². The van der Waals surface area contributed by atoms with E-state index < -0.39 is 5.91 Å². The molecule has 28 heavy (non-hydrogen) atoms. The first kappa shape index (κ1) is 19.4. The van der Waals surface area contributed by atoms with Crippen LogP contribution in [0.4, 0.5) is 5.69 Å². The lowest BCUT2D eigenvalue weighted by molar-refractivity contribution is 0.0997. The number of hydrogen-bond acceptors (Lipinski definition) is 2. The summed E-state index contributed by atoms with van der Waals surface area (Å²) < 4.78 is 1.98. The van der Waals surface area contributed by atoms with Gasteiger partial charge in [-0.25, -0.2) is 0 Å². The van der Waals surface area contributed by atoms with E-state index >= 15 is 0 Å². The lowest BCUT2D eigenvalue weighted by Gasteiger charge is -2.11. The summed E-state index contributed by atoms with van der Waals surface area (Å²) in [6, 6.07) is 12.9. The number of nitrogens with two attached hydrogens (primary N) is 1. The van der Waals surface area contributed by atoms with Gasteiger partial charge in [-0.1, -0.05) is 26.0 Å². The molecular weight excluding hydrogens is 350 g/mol. The van der Waals surface area contributed by atoms with Crippen molar-refractivity contribution < 1.29 is 9.59 Å². The molecule has 0 aliphatic heterocycles. The largest absolute Gasteiger partial charge is 0.366 e. The molecule has 0 unspecified atom stereocenters. The quantitative estimate of drug-likeness (QED) is 0.617. The van der Waals surface area contributed by atoms with E-state index in [-0.39, 0.29) is 5.91 Å². The number of nitrogens with zero attached hydrogens (tertiary/aromatic N) is 1. The first-order valence-corrected chi connectivity index (χ1v) is 9.28. The fraction of sp³-hybridized carbons (Fsp3) is 0.217. The van der Waals surface area contributed by atoms with E-state index in [2.05, 4.69) is 43.9 Å². The van der Waals surface area contributed by atoms with Crippen molar-refractivity contribution in [3.8, 4) is 0 Å². The molecule has 3 rings (SSSR count). The fourth-order valence-corrected chi connectivity index (χ4v) is 3.42. The average molecular weight is 375 g/mol. The van der Waals surface area contributed by atoms with Crippen molar-refractivity contribution in [2.45, 2.75) is 33.2 Å². The number of aryl methyl sites for hydroxylation is 1. The van der Waals surface area contributed by atoms with Gasteiger partial charge in [-0.05, 0) is 60.4 Å². The summed E-state index contributed by atoms with van der Waals surface area (Å²) in [5, 5.41) is 3.99. The topological polar surface area (TPSA) is 77.1 Å². The molecule has 0 saturated carbocycles. The first-order valence-electron chi connectivity index (χ1n) is 9.28. The minimum Gasteiger partial charge on any atom is -0.366 e. The molecule has 2 aromatic carbocycles. The first-order chi connectivity index (χ1) is 13.3. The average Bonchev–Trinajstić information content (AvgIpc) is 2.94. The summed E-state index contributed by atoms with van der Waals surface area (Å²) in [4.78, 5) is 24.3. The molecule has 0 atom stereocenters. The zero-order valence-corrected chi connectivity index (χ0v) is 16.5. The van der Waals surface area contributed by atoms with Gasteiger partial charge in [0.1, 0.15) is 5.69 Å².